The van der Waals surface area contributed by atoms with E-state index in [-0.39, 0.29) is 4.91 Å². The fraction of sp³-hybridized carbons (Fsp3) is 0.312. The number of nitrogens with zero attached hydrogens (tertiary/aromatic N) is 1. The van der Waals surface area contributed by atoms with Crippen molar-refractivity contribution in [3.8, 4) is 5.75 Å². The van der Waals surface area contributed by atoms with Gasteiger partial charge in [0.25, 0.3) is 11.1 Å². The number of esters is 1. The van der Waals surface area contributed by atoms with Crippen LogP contribution >= 0.6 is 23.4 Å². The van der Waals surface area contributed by atoms with Gasteiger partial charge < -0.3 is 9.47 Å². The predicted molar refractivity (Wildman–Crippen MR) is 91.9 cm³/mol. The van der Waals surface area contributed by atoms with Crippen molar-refractivity contribution < 1.29 is 23.9 Å². The van der Waals surface area contributed by atoms with Gasteiger partial charge in [-0.1, -0.05) is 11.6 Å². The third-order valence-corrected chi connectivity index (χ3v) is 4.43. The third kappa shape index (κ3) is 3.73. The van der Waals surface area contributed by atoms with Crippen LogP contribution in [0, 0.1) is 0 Å². The summed E-state index contributed by atoms with van der Waals surface area (Å²) in [5.74, 6) is -0.656. The number of hydrogen-bond donors (Lipinski definition) is 0. The number of carbonyl (C=O) groups excluding carboxylic acids is 3. The summed E-state index contributed by atoms with van der Waals surface area (Å²) in [6, 6.07) is 4.03. The lowest BCUT2D eigenvalue weighted by Gasteiger charge is -2.18. The number of imide groups is 1. The van der Waals surface area contributed by atoms with E-state index in [0.717, 1.165) is 16.7 Å². The molecule has 1 saturated heterocycles. The van der Waals surface area contributed by atoms with E-state index >= 15 is 0 Å². The Morgan fingerprint density at radius 2 is 2.12 bits per heavy atom. The van der Waals surface area contributed by atoms with Gasteiger partial charge in [0.05, 0.1) is 18.6 Å². The largest absolute Gasteiger partial charge is 0.493 e. The van der Waals surface area contributed by atoms with Gasteiger partial charge in [-0.3, -0.25) is 14.5 Å². The number of hydrogen-bond acceptors (Lipinski definition) is 6. The Morgan fingerprint density at radius 1 is 1.42 bits per heavy atom. The van der Waals surface area contributed by atoms with E-state index in [4.69, 9.17) is 16.3 Å². The van der Waals surface area contributed by atoms with Crippen LogP contribution in [0.25, 0.3) is 6.08 Å². The molecule has 0 bridgehead atoms. The van der Waals surface area contributed by atoms with Crippen LogP contribution in [0.2, 0.25) is 5.02 Å². The van der Waals surface area contributed by atoms with Gasteiger partial charge in [-0.25, -0.2) is 4.79 Å². The van der Waals surface area contributed by atoms with Crippen molar-refractivity contribution in [3.05, 3.63) is 33.7 Å². The summed E-state index contributed by atoms with van der Waals surface area (Å²) >= 11 is 6.75. The molecule has 1 heterocycles. The maximum Gasteiger partial charge on any atom is 0.328 e. The van der Waals surface area contributed by atoms with Crippen LogP contribution in [-0.4, -0.2) is 41.8 Å². The molecule has 2 amide bonds. The number of rotatable bonds is 5. The molecule has 1 aliphatic heterocycles. The van der Waals surface area contributed by atoms with Crippen LogP contribution < -0.4 is 4.74 Å². The second kappa shape index (κ2) is 7.72. The Balaban J connectivity index is 2.35. The number of thioether (sulfide) groups is 1. The van der Waals surface area contributed by atoms with E-state index in [2.05, 4.69) is 4.74 Å². The molecule has 1 aromatic carbocycles. The molecule has 8 heteroatoms. The van der Waals surface area contributed by atoms with E-state index < -0.39 is 23.2 Å². The van der Waals surface area contributed by atoms with Crippen LogP contribution in [0.5, 0.6) is 5.75 Å². The molecule has 1 fully saturated rings. The Bertz CT molecular complexity index is 718. The molecule has 0 unspecified atom stereocenters. The first-order valence-corrected chi connectivity index (χ1v) is 8.35. The molecule has 1 aromatic rings. The second-order valence-electron chi connectivity index (χ2n) is 4.87. The Labute approximate surface area is 148 Å². The molecule has 128 valence electrons. The van der Waals surface area contributed by atoms with Crippen molar-refractivity contribution in [3.63, 3.8) is 0 Å². The summed E-state index contributed by atoms with van der Waals surface area (Å²) < 4.78 is 10.1. The Hall–Kier alpha value is -1.99. The number of methoxy groups -OCH3 is 1. The standard InChI is InChI=1S/C16H16ClNO5S/c1-4-23-12-6-5-11(17)7-10(12)8-13-14(19)18(16(21)24-13)9(2)15(20)22-3/h5-9H,4H2,1-3H3/b13-8-/t9-/m0/s1. The van der Waals surface area contributed by atoms with Crippen molar-refractivity contribution in [2.24, 2.45) is 0 Å². The molecule has 6 nitrogen and oxygen atoms in total. The minimum absolute atomic E-state index is 0.193. The van der Waals surface area contributed by atoms with Crippen molar-refractivity contribution in [2.45, 2.75) is 19.9 Å². The van der Waals surface area contributed by atoms with Crippen molar-refractivity contribution in [2.75, 3.05) is 13.7 Å². The highest BCUT2D eigenvalue weighted by molar-refractivity contribution is 8.18. The highest BCUT2D eigenvalue weighted by Gasteiger charge is 2.41. The normalized spacial score (nSPS) is 17.3. The second-order valence-corrected chi connectivity index (χ2v) is 6.30. The Kier molecular flexibility index (Phi) is 5.90. The van der Waals surface area contributed by atoms with Gasteiger partial charge in [0.2, 0.25) is 0 Å². The van der Waals surface area contributed by atoms with Gasteiger partial charge in [-0.05, 0) is 49.9 Å². The number of halogens is 1. The van der Waals surface area contributed by atoms with Crippen LogP contribution in [-0.2, 0) is 14.3 Å². The van der Waals surface area contributed by atoms with Gasteiger partial charge in [0.1, 0.15) is 11.8 Å². The average Bonchev–Trinajstić information content (AvgIpc) is 2.82. The van der Waals surface area contributed by atoms with E-state index in [1.54, 1.807) is 18.2 Å². The summed E-state index contributed by atoms with van der Waals surface area (Å²) in [7, 11) is 1.20. The van der Waals surface area contributed by atoms with Gasteiger partial charge in [0, 0.05) is 10.6 Å². The molecular formula is C16H16ClNO5S. The lowest BCUT2D eigenvalue weighted by Crippen LogP contribution is -2.42. The van der Waals surface area contributed by atoms with E-state index in [9.17, 15) is 14.4 Å². The van der Waals surface area contributed by atoms with Gasteiger partial charge >= 0.3 is 5.97 Å². The monoisotopic (exact) mass is 369 g/mol. The number of benzene rings is 1. The highest BCUT2D eigenvalue weighted by Crippen LogP contribution is 2.36. The zero-order valence-corrected chi connectivity index (χ0v) is 14.9. The quantitative estimate of drug-likeness (QED) is 0.585. The van der Waals surface area contributed by atoms with Crippen LogP contribution in [0.15, 0.2) is 23.1 Å². The average molecular weight is 370 g/mol. The molecule has 1 aliphatic rings. The highest BCUT2D eigenvalue weighted by atomic mass is 35.5. The smallest absolute Gasteiger partial charge is 0.328 e. The molecule has 0 N–H and O–H groups in total. The van der Waals surface area contributed by atoms with Crippen molar-refractivity contribution in [1.82, 2.24) is 4.90 Å². The summed E-state index contributed by atoms with van der Waals surface area (Å²) in [5, 5.41) is -0.0454. The van der Waals surface area contributed by atoms with Crippen molar-refractivity contribution in [1.29, 1.82) is 0 Å². The fourth-order valence-corrected chi connectivity index (χ4v) is 3.23. The van der Waals surface area contributed by atoms with Crippen LogP contribution in [0.3, 0.4) is 0 Å². The molecule has 0 radical (unpaired) electrons. The molecule has 0 aromatic heterocycles. The number of carbonyl (C=O) groups is 3. The molecule has 0 spiro atoms. The van der Waals surface area contributed by atoms with Crippen LogP contribution in [0.4, 0.5) is 4.79 Å². The van der Waals surface area contributed by atoms with Crippen molar-refractivity contribution >= 4 is 46.6 Å². The summed E-state index contributed by atoms with van der Waals surface area (Å²) in [5.41, 5.74) is 0.584. The number of amides is 2. The summed E-state index contributed by atoms with van der Waals surface area (Å²) in [6.07, 6.45) is 1.53. The van der Waals surface area contributed by atoms with Gasteiger partial charge in [-0.15, -0.1) is 0 Å². The first-order chi connectivity index (χ1) is 11.4. The molecule has 2 rings (SSSR count). The zero-order valence-electron chi connectivity index (χ0n) is 13.4. The first kappa shape index (κ1) is 18.4. The number of ether oxygens (including phenoxy) is 2. The zero-order chi connectivity index (χ0) is 17.9. The van der Waals surface area contributed by atoms with E-state index in [1.165, 1.54) is 20.1 Å². The maximum absolute atomic E-state index is 12.5. The first-order valence-electron chi connectivity index (χ1n) is 7.16. The van der Waals surface area contributed by atoms with E-state index in [0.29, 0.717) is 22.9 Å². The SMILES string of the molecule is CCOc1ccc(Cl)cc1/C=C1\SC(=O)N([C@@H](C)C(=O)OC)C1=O. The summed E-state index contributed by atoms with van der Waals surface area (Å²) in [6.45, 7) is 3.73. The topological polar surface area (TPSA) is 72.9 Å². The predicted octanol–water partition coefficient (Wildman–Crippen LogP) is 3.34. The fourth-order valence-electron chi connectivity index (χ4n) is 2.15. The van der Waals surface area contributed by atoms with Gasteiger partial charge in [-0.2, -0.15) is 0 Å². The van der Waals surface area contributed by atoms with Gasteiger partial charge in [0.15, 0.2) is 0 Å². The molecule has 0 aliphatic carbocycles. The molecule has 0 saturated carbocycles. The Morgan fingerprint density at radius 3 is 2.75 bits per heavy atom. The minimum Gasteiger partial charge on any atom is -0.493 e. The summed E-state index contributed by atoms with van der Waals surface area (Å²) in [4.78, 5) is 37.2. The minimum atomic E-state index is -0.987. The lowest BCUT2D eigenvalue weighted by molar-refractivity contribution is -0.148. The van der Waals surface area contributed by atoms with E-state index in [1.807, 2.05) is 6.92 Å². The molecular weight excluding hydrogens is 354 g/mol. The maximum atomic E-state index is 12.5. The molecule has 24 heavy (non-hydrogen) atoms. The third-order valence-electron chi connectivity index (χ3n) is 3.31. The van der Waals surface area contributed by atoms with Crippen LogP contribution in [0.1, 0.15) is 19.4 Å². The lowest BCUT2D eigenvalue weighted by atomic mass is 10.1. The molecule has 1 atom stereocenters.